The number of nitro groups is 1. The lowest BCUT2D eigenvalue weighted by molar-refractivity contribution is -0.916. The third-order valence-electron chi connectivity index (χ3n) is 4.27. The number of fused-ring (bicyclic) bond motifs is 1. The van der Waals surface area contributed by atoms with Gasteiger partial charge in [-0.05, 0) is 0 Å². The Morgan fingerprint density at radius 1 is 1.55 bits per heavy atom. The predicted molar refractivity (Wildman–Crippen MR) is 69.5 cm³/mol. The summed E-state index contributed by atoms with van der Waals surface area (Å²) in [5.41, 5.74) is -0.252. The first-order valence-electron chi connectivity index (χ1n) is 6.88. The Morgan fingerprint density at radius 2 is 2.35 bits per heavy atom. The number of nitrogens with zero attached hydrogens (tertiary/aromatic N) is 4. The van der Waals surface area contributed by atoms with E-state index in [0.29, 0.717) is 19.1 Å². The standard InChI is InChI=1S/C12H17N5O3/c1-14-8-10(17(19)20)11(13-14)12(18)16-6-5-15-4-2-3-9(15)7-16/h8-9H,2-7H2,1H3/p+1/t9-/m1/s1. The van der Waals surface area contributed by atoms with Crippen molar-refractivity contribution in [2.75, 3.05) is 26.2 Å². The van der Waals surface area contributed by atoms with Crippen LogP contribution in [0, 0.1) is 10.1 Å². The second kappa shape index (κ2) is 4.86. The van der Waals surface area contributed by atoms with Crippen molar-refractivity contribution in [3.05, 3.63) is 22.0 Å². The molecule has 8 nitrogen and oxygen atoms in total. The molecule has 0 spiro atoms. The van der Waals surface area contributed by atoms with E-state index in [0.717, 1.165) is 13.0 Å². The number of aryl methyl sites for hydroxylation is 1. The smallest absolute Gasteiger partial charge is 0.320 e. The molecular formula is C12H18N5O3+. The average Bonchev–Trinajstić information content (AvgIpc) is 3.02. The van der Waals surface area contributed by atoms with Crippen LogP contribution in [0.15, 0.2) is 6.20 Å². The van der Waals surface area contributed by atoms with E-state index in [-0.39, 0.29) is 17.3 Å². The Kier molecular flexibility index (Phi) is 3.17. The fraction of sp³-hybridized carbons (Fsp3) is 0.667. The molecule has 8 heteroatoms. The molecule has 1 N–H and O–H groups in total. The molecule has 3 heterocycles. The second-order valence-electron chi connectivity index (χ2n) is 5.54. The summed E-state index contributed by atoms with van der Waals surface area (Å²) in [6, 6.07) is 0.482. The van der Waals surface area contributed by atoms with Gasteiger partial charge in [0.05, 0.1) is 31.1 Å². The molecule has 2 atom stereocenters. The molecule has 3 rings (SSSR count). The minimum Gasteiger partial charge on any atom is -0.330 e. The van der Waals surface area contributed by atoms with E-state index in [2.05, 4.69) is 5.10 Å². The molecule has 2 aliphatic heterocycles. The molecule has 2 fully saturated rings. The summed E-state index contributed by atoms with van der Waals surface area (Å²) < 4.78 is 1.32. The number of nitrogens with one attached hydrogen (secondary N) is 1. The van der Waals surface area contributed by atoms with Gasteiger partial charge in [-0.25, -0.2) is 0 Å². The highest BCUT2D eigenvalue weighted by Gasteiger charge is 2.38. The lowest BCUT2D eigenvalue weighted by Gasteiger charge is -2.34. The van der Waals surface area contributed by atoms with Crippen molar-refractivity contribution in [3.63, 3.8) is 0 Å². The highest BCUT2D eigenvalue weighted by Crippen LogP contribution is 2.19. The van der Waals surface area contributed by atoms with Crippen molar-refractivity contribution in [3.8, 4) is 0 Å². The summed E-state index contributed by atoms with van der Waals surface area (Å²) in [6.45, 7) is 3.44. The van der Waals surface area contributed by atoms with Gasteiger partial charge in [0.15, 0.2) is 0 Å². The van der Waals surface area contributed by atoms with Gasteiger partial charge in [0, 0.05) is 19.9 Å². The summed E-state index contributed by atoms with van der Waals surface area (Å²) in [5, 5.41) is 15.0. The quantitative estimate of drug-likeness (QED) is 0.546. The molecule has 108 valence electrons. The number of hydrogen-bond donors (Lipinski definition) is 1. The summed E-state index contributed by atoms with van der Waals surface area (Å²) in [6.07, 6.45) is 3.61. The number of hydrogen-bond acceptors (Lipinski definition) is 4. The van der Waals surface area contributed by atoms with Crippen molar-refractivity contribution in [1.29, 1.82) is 0 Å². The van der Waals surface area contributed by atoms with Crippen LogP contribution in [0.25, 0.3) is 0 Å². The first kappa shape index (κ1) is 13.0. The van der Waals surface area contributed by atoms with Gasteiger partial charge in [0.25, 0.3) is 5.91 Å². The Labute approximate surface area is 116 Å². The highest BCUT2D eigenvalue weighted by atomic mass is 16.6. The maximum Gasteiger partial charge on any atom is 0.320 e. The van der Waals surface area contributed by atoms with Crippen LogP contribution in [-0.4, -0.2) is 57.7 Å². The van der Waals surface area contributed by atoms with Gasteiger partial charge in [-0.15, -0.1) is 0 Å². The molecular weight excluding hydrogens is 262 g/mol. The van der Waals surface area contributed by atoms with E-state index < -0.39 is 4.92 Å². The molecule has 1 amide bonds. The van der Waals surface area contributed by atoms with Crippen molar-refractivity contribution in [2.24, 2.45) is 7.05 Å². The fourth-order valence-corrected chi connectivity index (χ4v) is 3.27. The van der Waals surface area contributed by atoms with Crippen molar-refractivity contribution in [2.45, 2.75) is 18.9 Å². The van der Waals surface area contributed by atoms with E-state index >= 15 is 0 Å². The van der Waals surface area contributed by atoms with Gasteiger partial charge in [-0.3, -0.25) is 19.6 Å². The number of aromatic nitrogens is 2. The van der Waals surface area contributed by atoms with Crippen molar-refractivity contribution in [1.82, 2.24) is 14.7 Å². The van der Waals surface area contributed by atoms with Crippen LogP contribution in [0.4, 0.5) is 5.69 Å². The number of quaternary nitrogens is 1. The third kappa shape index (κ3) is 2.15. The second-order valence-corrected chi connectivity index (χ2v) is 5.54. The summed E-state index contributed by atoms with van der Waals surface area (Å²) in [5.74, 6) is -0.316. The lowest BCUT2D eigenvalue weighted by Crippen LogP contribution is -3.16. The number of piperazine rings is 1. The molecule has 0 aliphatic carbocycles. The largest absolute Gasteiger partial charge is 0.330 e. The van der Waals surface area contributed by atoms with Crippen LogP contribution < -0.4 is 4.90 Å². The summed E-state index contributed by atoms with van der Waals surface area (Å²) >= 11 is 0. The van der Waals surface area contributed by atoms with Crippen LogP contribution in [0.2, 0.25) is 0 Å². The SMILES string of the molecule is Cn1cc([N+](=O)[O-])c(C(=O)N2CC[NH+]3CCC[C@@H]3C2)n1. The van der Waals surface area contributed by atoms with E-state index in [4.69, 9.17) is 0 Å². The monoisotopic (exact) mass is 280 g/mol. The van der Waals surface area contributed by atoms with Gasteiger partial charge in [0.1, 0.15) is 12.2 Å². The Hall–Kier alpha value is -1.96. The number of rotatable bonds is 2. The normalized spacial score (nSPS) is 25.6. The van der Waals surface area contributed by atoms with Gasteiger partial charge in [-0.2, -0.15) is 5.10 Å². The molecule has 0 bridgehead atoms. The topological polar surface area (TPSA) is 85.7 Å². The van der Waals surface area contributed by atoms with Crippen molar-refractivity contribution >= 4 is 11.6 Å². The third-order valence-corrected chi connectivity index (χ3v) is 4.27. The van der Waals surface area contributed by atoms with E-state index in [9.17, 15) is 14.9 Å². The minimum absolute atomic E-state index is 0.0426. The van der Waals surface area contributed by atoms with Crippen LogP contribution in [0.5, 0.6) is 0 Å². The van der Waals surface area contributed by atoms with Gasteiger partial charge in [0.2, 0.25) is 5.69 Å². The molecule has 0 saturated carbocycles. The van der Waals surface area contributed by atoms with Crippen LogP contribution >= 0.6 is 0 Å². The predicted octanol–water partition coefficient (Wildman–Crippen LogP) is -1.17. The Balaban J connectivity index is 1.80. The highest BCUT2D eigenvalue weighted by molar-refractivity contribution is 5.96. The van der Waals surface area contributed by atoms with Gasteiger partial charge >= 0.3 is 5.69 Å². The molecule has 2 saturated heterocycles. The first-order chi connectivity index (χ1) is 9.56. The van der Waals surface area contributed by atoms with Gasteiger partial charge in [-0.1, -0.05) is 0 Å². The number of amides is 1. The van der Waals surface area contributed by atoms with Crippen LogP contribution in [0.3, 0.4) is 0 Å². The summed E-state index contributed by atoms with van der Waals surface area (Å²) in [7, 11) is 1.59. The molecule has 0 radical (unpaired) electrons. The first-order valence-corrected chi connectivity index (χ1v) is 6.88. The van der Waals surface area contributed by atoms with E-state index in [1.165, 1.54) is 23.8 Å². The zero-order valence-electron chi connectivity index (χ0n) is 11.4. The number of carbonyl (C=O) groups excluding carboxylic acids is 1. The molecule has 1 aromatic rings. The van der Waals surface area contributed by atoms with Crippen LogP contribution in [0.1, 0.15) is 23.3 Å². The molecule has 0 aromatic carbocycles. The van der Waals surface area contributed by atoms with E-state index in [1.54, 1.807) is 16.8 Å². The zero-order chi connectivity index (χ0) is 14.3. The maximum atomic E-state index is 12.5. The number of carbonyl (C=O) groups is 1. The molecule has 2 aliphatic rings. The van der Waals surface area contributed by atoms with Gasteiger partial charge < -0.3 is 9.80 Å². The van der Waals surface area contributed by atoms with Crippen LogP contribution in [-0.2, 0) is 7.05 Å². The lowest BCUT2D eigenvalue weighted by atomic mass is 10.1. The fourth-order valence-electron chi connectivity index (χ4n) is 3.27. The average molecular weight is 280 g/mol. The Morgan fingerprint density at radius 3 is 3.10 bits per heavy atom. The molecule has 1 unspecified atom stereocenters. The van der Waals surface area contributed by atoms with Crippen molar-refractivity contribution < 1.29 is 14.6 Å². The zero-order valence-corrected chi connectivity index (χ0v) is 11.4. The van der Waals surface area contributed by atoms with E-state index in [1.807, 2.05) is 0 Å². The minimum atomic E-state index is -0.544. The maximum absolute atomic E-state index is 12.5. The Bertz CT molecular complexity index is 555. The summed E-state index contributed by atoms with van der Waals surface area (Å²) in [4.78, 5) is 26.2. The molecule has 20 heavy (non-hydrogen) atoms. The molecule has 1 aromatic heterocycles.